The van der Waals surface area contributed by atoms with Gasteiger partial charge < -0.3 is 9.84 Å². The molecule has 0 fully saturated rings. The van der Waals surface area contributed by atoms with Crippen molar-refractivity contribution in [3.63, 3.8) is 0 Å². The lowest BCUT2D eigenvalue weighted by Crippen LogP contribution is -2.40. The fourth-order valence-electron chi connectivity index (χ4n) is 7.12. The van der Waals surface area contributed by atoms with Gasteiger partial charge in [0.15, 0.2) is 0 Å². The molecule has 0 saturated carbocycles. The minimum atomic E-state index is -0.510. The van der Waals surface area contributed by atoms with E-state index in [0.717, 1.165) is 42.1 Å². The number of imide groups is 2. The third kappa shape index (κ3) is 3.20. The summed E-state index contributed by atoms with van der Waals surface area (Å²) in [4.78, 5) is 68.5. The summed E-state index contributed by atoms with van der Waals surface area (Å²) in [6.45, 7) is 0.278. The van der Waals surface area contributed by atoms with Crippen molar-refractivity contribution in [2.75, 3.05) is 9.80 Å². The van der Waals surface area contributed by atoms with E-state index in [-0.39, 0.29) is 29.3 Å². The first-order valence-electron chi connectivity index (χ1n) is 14.3. The predicted molar refractivity (Wildman–Crippen MR) is 171 cm³/mol. The van der Waals surface area contributed by atoms with E-state index in [2.05, 4.69) is 0 Å². The maximum absolute atomic E-state index is 13.9. The fourth-order valence-corrected chi connectivity index (χ4v) is 7.12. The zero-order valence-corrected chi connectivity index (χ0v) is 23.6. The number of benzene rings is 7. The lowest BCUT2D eigenvalue weighted by atomic mass is 9.82. The summed E-state index contributed by atoms with van der Waals surface area (Å²) in [6, 6.07) is 26.3. The number of hydrogen-bond acceptors (Lipinski definition) is 7. The van der Waals surface area contributed by atoms with Gasteiger partial charge in [0.05, 0.1) is 11.4 Å². The number of nitrogens with zero attached hydrogens (tertiary/aromatic N) is 2. The lowest BCUT2D eigenvalue weighted by Gasteiger charge is -2.30. The van der Waals surface area contributed by atoms with Crippen molar-refractivity contribution in [1.82, 2.24) is 0 Å². The average Bonchev–Trinajstić information content (AvgIpc) is 3.06. The van der Waals surface area contributed by atoms with E-state index < -0.39 is 23.6 Å². The van der Waals surface area contributed by atoms with Crippen LogP contribution in [0.1, 0.15) is 41.4 Å². The summed E-state index contributed by atoms with van der Waals surface area (Å²) >= 11 is 0. The van der Waals surface area contributed by atoms with E-state index in [9.17, 15) is 29.1 Å². The highest BCUT2D eigenvalue weighted by Gasteiger charge is 2.38. The van der Waals surface area contributed by atoms with Crippen LogP contribution in [0.25, 0.3) is 43.1 Å². The maximum atomic E-state index is 13.9. The van der Waals surface area contributed by atoms with Gasteiger partial charge in [-0.3, -0.25) is 24.0 Å². The number of ether oxygens (including phenoxy) is 1. The van der Waals surface area contributed by atoms with Crippen molar-refractivity contribution < 1.29 is 33.8 Å². The topological polar surface area (TPSA) is 121 Å². The molecule has 7 aromatic rings. The van der Waals surface area contributed by atoms with Crippen LogP contribution in [-0.4, -0.2) is 35.2 Å². The zero-order chi connectivity index (χ0) is 31.4. The Morgan fingerprint density at radius 3 is 1.33 bits per heavy atom. The Morgan fingerprint density at radius 1 is 0.500 bits per heavy atom. The largest absolute Gasteiger partial charge is 0.508 e. The highest BCUT2D eigenvalue weighted by Crippen LogP contribution is 2.47. The maximum Gasteiger partial charge on any atom is 0.298 e. The quantitative estimate of drug-likeness (QED) is 0.105. The molecule has 9 nitrogen and oxygen atoms in total. The van der Waals surface area contributed by atoms with Crippen molar-refractivity contribution >= 4 is 84.6 Å². The number of carbonyl (C=O) groups excluding carboxylic acids is 5. The highest BCUT2D eigenvalue weighted by atomic mass is 16.5. The van der Waals surface area contributed by atoms with E-state index in [0.29, 0.717) is 33.0 Å². The SMILES string of the molecule is O=COc1cccc(N2C(=O)c3ccc4c5ccc6c7c(ccc(c8ccc(c3c48)C2=O)c75)C(=O)N(c2cccc(O)c2)C6=O)c1. The molecule has 0 unspecified atom stereocenters. The second-order valence-corrected chi connectivity index (χ2v) is 11.3. The molecule has 2 aliphatic rings. The van der Waals surface area contributed by atoms with Gasteiger partial charge in [-0.1, -0.05) is 36.4 Å². The number of phenols is 1. The second kappa shape index (κ2) is 8.96. The summed E-state index contributed by atoms with van der Waals surface area (Å²) < 4.78 is 4.94. The molecule has 0 bridgehead atoms. The van der Waals surface area contributed by atoms with Crippen molar-refractivity contribution in [2.24, 2.45) is 0 Å². The summed E-state index contributed by atoms with van der Waals surface area (Å²) in [6.07, 6.45) is 0. The number of hydrogen-bond donors (Lipinski definition) is 1. The molecule has 0 aliphatic carbocycles. The molecular formula is C37H18N2O7. The number of aromatic hydroxyl groups is 1. The van der Waals surface area contributed by atoms with Gasteiger partial charge in [0.1, 0.15) is 11.5 Å². The molecule has 0 atom stereocenters. The number of rotatable bonds is 4. The van der Waals surface area contributed by atoms with Crippen LogP contribution in [0.3, 0.4) is 0 Å². The molecule has 0 radical (unpaired) electrons. The van der Waals surface area contributed by atoms with E-state index >= 15 is 0 Å². The van der Waals surface area contributed by atoms with Crippen molar-refractivity contribution in [3.05, 3.63) is 119 Å². The number of phenolic OH excluding ortho intramolecular Hbond substituents is 1. The molecule has 2 heterocycles. The van der Waals surface area contributed by atoms with Crippen LogP contribution >= 0.6 is 0 Å². The fraction of sp³-hybridized carbons (Fsp3) is 0. The normalized spacial score (nSPS) is 14.3. The average molecular weight is 603 g/mol. The molecular weight excluding hydrogens is 584 g/mol. The zero-order valence-electron chi connectivity index (χ0n) is 23.6. The van der Waals surface area contributed by atoms with Crippen LogP contribution in [-0.2, 0) is 4.79 Å². The standard InChI is InChI=1S/C37H18N2O7/c40-17-46-21-6-2-4-19(16-21)39-36(44)28-13-9-24-22-7-11-26-32-27(35(43)38(34(26)42)18-3-1-5-20(41)15-18)12-8-23(30(22)32)25-10-14-29(37(39)45)33(28)31(24)25/h1-17,41H. The van der Waals surface area contributed by atoms with E-state index in [1.54, 1.807) is 54.6 Å². The van der Waals surface area contributed by atoms with Gasteiger partial charge in [-0.05, 0) is 80.8 Å². The van der Waals surface area contributed by atoms with Crippen LogP contribution in [0.2, 0.25) is 0 Å². The summed E-state index contributed by atoms with van der Waals surface area (Å²) in [5, 5.41) is 15.7. The van der Waals surface area contributed by atoms with E-state index in [1.165, 1.54) is 18.2 Å². The number of carbonyl (C=O) groups is 5. The first kappa shape index (κ1) is 25.8. The van der Waals surface area contributed by atoms with Gasteiger partial charge in [0.25, 0.3) is 30.1 Å². The monoisotopic (exact) mass is 602 g/mol. The van der Waals surface area contributed by atoms with Gasteiger partial charge in [0.2, 0.25) is 0 Å². The molecule has 4 amide bonds. The Bertz CT molecular complexity index is 2470. The molecule has 2 aliphatic heterocycles. The first-order valence-corrected chi connectivity index (χ1v) is 14.3. The van der Waals surface area contributed by atoms with Gasteiger partial charge in [0, 0.05) is 45.2 Å². The Kier molecular flexibility index (Phi) is 5.04. The van der Waals surface area contributed by atoms with Crippen LogP contribution in [0.4, 0.5) is 11.4 Å². The molecule has 9 rings (SSSR count). The number of fused-ring (bicyclic) bond motifs is 2. The van der Waals surface area contributed by atoms with Gasteiger partial charge >= 0.3 is 0 Å². The minimum absolute atomic E-state index is 0.0636. The lowest BCUT2D eigenvalue weighted by molar-refractivity contribution is -0.120. The molecule has 7 aromatic carbocycles. The number of amides is 4. The van der Waals surface area contributed by atoms with E-state index in [4.69, 9.17) is 4.74 Å². The van der Waals surface area contributed by atoms with Gasteiger partial charge in [-0.15, -0.1) is 0 Å². The molecule has 218 valence electrons. The third-order valence-electron chi connectivity index (χ3n) is 8.98. The second-order valence-electron chi connectivity index (χ2n) is 11.3. The molecule has 0 saturated heterocycles. The summed E-state index contributed by atoms with van der Waals surface area (Å²) in [5.41, 5.74) is 1.94. The van der Waals surface area contributed by atoms with Gasteiger partial charge in [-0.2, -0.15) is 0 Å². The molecule has 0 aromatic heterocycles. The Morgan fingerprint density at radius 2 is 0.913 bits per heavy atom. The first-order chi connectivity index (χ1) is 22.4. The minimum Gasteiger partial charge on any atom is -0.508 e. The van der Waals surface area contributed by atoms with Crippen molar-refractivity contribution in [2.45, 2.75) is 0 Å². The van der Waals surface area contributed by atoms with Crippen LogP contribution < -0.4 is 14.5 Å². The smallest absolute Gasteiger partial charge is 0.298 e. The van der Waals surface area contributed by atoms with Crippen LogP contribution in [0, 0.1) is 0 Å². The van der Waals surface area contributed by atoms with Crippen LogP contribution in [0.15, 0.2) is 97.1 Å². The molecule has 0 spiro atoms. The van der Waals surface area contributed by atoms with Gasteiger partial charge in [-0.25, -0.2) is 9.80 Å². The van der Waals surface area contributed by atoms with E-state index in [1.807, 2.05) is 24.3 Å². The van der Waals surface area contributed by atoms with Crippen molar-refractivity contribution in [1.29, 1.82) is 0 Å². The molecule has 46 heavy (non-hydrogen) atoms. The Balaban J connectivity index is 1.29. The summed E-state index contributed by atoms with van der Waals surface area (Å²) in [5.74, 6) is -1.88. The van der Waals surface area contributed by atoms with Crippen molar-refractivity contribution in [3.8, 4) is 11.5 Å². The Labute approximate surface area is 258 Å². The molecule has 9 heteroatoms. The summed E-state index contributed by atoms with van der Waals surface area (Å²) in [7, 11) is 0. The highest BCUT2D eigenvalue weighted by molar-refractivity contribution is 6.45. The number of anilines is 2. The predicted octanol–water partition coefficient (Wildman–Crippen LogP) is 6.58. The Hall–Kier alpha value is -6.61. The molecule has 1 N–H and O–H groups in total. The third-order valence-corrected chi connectivity index (χ3v) is 8.98. The van der Waals surface area contributed by atoms with Crippen LogP contribution in [0.5, 0.6) is 11.5 Å².